The van der Waals surface area contributed by atoms with Crippen LogP contribution in [0.25, 0.3) is 0 Å². The lowest BCUT2D eigenvalue weighted by atomic mass is 10.0. The largest absolute Gasteiger partial charge is 0.481 e. The molecule has 0 radical (unpaired) electrons. The van der Waals surface area contributed by atoms with Gasteiger partial charge < -0.3 is 25.2 Å². The highest BCUT2D eigenvalue weighted by Crippen LogP contribution is 2.17. The molecular weight excluding hydrogens is 328 g/mol. The minimum absolute atomic E-state index is 0.108. The molecule has 0 amide bonds. The quantitative estimate of drug-likeness (QED) is 0.383. The first-order valence-electron chi connectivity index (χ1n) is 8.46. The summed E-state index contributed by atoms with van der Waals surface area (Å²) in [6.45, 7) is 3.75. The fourth-order valence-electron chi connectivity index (χ4n) is 2.28. The van der Waals surface area contributed by atoms with Crippen LogP contribution in [0.1, 0.15) is 52.4 Å². The standard InChI is InChI=1S/C9H16O4.C9H14O3/c1-2-3-4-7(10)5-8(11)6-9(12)13;1-2-3-4-8-5-7(10)6-9(11)12-8/h2-3,7-8,10-11H,4-6H2,1H3,(H,12,13);2-3,7-8,10H,4-6H2,1H3. The maximum atomic E-state index is 10.8. The van der Waals surface area contributed by atoms with Crippen LogP contribution < -0.4 is 0 Å². The highest BCUT2D eigenvalue weighted by molar-refractivity contribution is 5.71. The van der Waals surface area contributed by atoms with Gasteiger partial charge in [0.25, 0.3) is 0 Å². The summed E-state index contributed by atoms with van der Waals surface area (Å²) in [5.74, 6) is -1.34. The normalized spacial score (nSPS) is 23.0. The Morgan fingerprint density at radius 2 is 1.88 bits per heavy atom. The molecule has 0 aromatic rings. The summed E-state index contributed by atoms with van der Waals surface area (Å²) in [4.78, 5) is 21.0. The van der Waals surface area contributed by atoms with Crippen molar-refractivity contribution in [1.29, 1.82) is 0 Å². The Labute approximate surface area is 148 Å². The van der Waals surface area contributed by atoms with Crippen LogP contribution in [0.2, 0.25) is 0 Å². The van der Waals surface area contributed by atoms with Crippen LogP contribution in [-0.4, -0.2) is 56.8 Å². The van der Waals surface area contributed by atoms with Crippen LogP contribution in [-0.2, 0) is 14.3 Å². The van der Waals surface area contributed by atoms with Crippen molar-refractivity contribution in [1.82, 2.24) is 0 Å². The molecule has 4 N–H and O–H groups in total. The SMILES string of the molecule is CC=CCC(O)CC(O)CC(=O)O.CC=CCC1CC(O)CC(=O)O1. The summed E-state index contributed by atoms with van der Waals surface area (Å²) in [7, 11) is 0. The van der Waals surface area contributed by atoms with E-state index in [4.69, 9.17) is 14.9 Å². The van der Waals surface area contributed by atoms with Crippen molar-refractivity contribution in [3.63, 3.8) is 0 Å². The molecule has 0 saturated carbocycles. The van der Waals surface area contributed by atoms with Gasteiger partial charge in [-0.2, -0.15) is 0 Å². The summed E-state index contributed by atoms with van der Waals surface area (Å²) in [6, 6.07) is 0. The molecule has 1 rings (SSSR count). The van der Waals surface area contributed by atoms with Crippen molar-refractivity contribution in [3.05, 3.63) is 24.3 Å². The Morgan fingerprint density at radius 1 is 1.24 bits per heavy atom. The molecular formula is C18H30O7. The molecule has 0 aromatic carbocycles. The molecule has 25 heavy (non-hydrogen) atoms. The molecule has 144 valence electrons. The summed E-state index contributed by atoms with van der Waals surface area (Å²) in [6.07, 6.45) is 6.83. The van der Waals surface area contributed by atoms with Gasteiger partial charge in [0, 0.05) is 19.3 Å². The average Bonchev–Trinajstić information content (AvgIpc) is 2.49. The Bertz CT molecular complexity index is 445. The van der Waals surface area contributed by atoms with E-state index in [1.54, 1.807) is 12.2 Å². The van der Waals surface area contributed by atoms with Gasteiger partial charge in [0.1, 0.15) is 6.10 Å². The molecule has 7 heteroatoms. The second-order valence-corrected chi connectivity index (χ2v) is 5.96. The van der Waals surface area contributed by atoms with E-state index in [0.717, 1.165) is 0 Å². The molecule has 0 spiro atoms. The predicted molar refractivity (Wildman–Crippen MR) is 92.9 cm³/mol. The highest BCUT2D eigenvalue weighted by Gasteiger charge is 2.25. The number of aliphatic carboxylic acids is 1. The first-order chi connectivity index (χ1) is 11.8. The number of aliphatic hydroxyl groups is 3. The van der Waals surface area contributed by atoms with Crippen molar-refractivity contribution in [2.24, 2.45) is 0 Å². The Kier molecular flexibility index (Phi) is 12.7. The van der Waals surface area contributed by atoms with Gasteiger partial charge in [-0.25, -0.2) is 0 Å². The van der Waals surface area contributed by atoms with Crippen LogP contribution in [0.4, 0.5) is 0 Å². The van der Waals surface area contributed by atoms with Crippen LogP contribution in [0.3, 0.4) is 0 Å². The zero-order chi connectivity index (χ0) is 19.2. The van der Waals surface area contributed by atoms with E-state index in [2.05, 4.69) is 0 Å². The van der Waals surface area contributed by atoms with E-state index >= 15 is 0 Å². The lowest BCUT2D eigenvalue weighted by Crippen LogP contribution is -2.32. The van der Waals surface area contributed by atoms with Crippen molar-refractivity contribution in [2.45, 2.75) is 76.8 Å². The number of ether oxygens (including phenoxy) is 1. The van der Waals surface area contributed by atoms with Gasteiger partial charge in [-0.3, -0.25) is 9.59 Å². The fraction of sp³-hybridized carbons (Fsp3) is 0.667. The van der Waals surface area contributed by atoms with E-state index in [9.17, 15) is 19.8 Å². The summed E-state index contributed by atoms with van der Waals surface area (Å²) < 4.78 is 5.01. The number of carbonyl (C=O) groups excluding carboxylic acids is 1. The molecule has 7 nitrogen and oxygen atoms in total. The maximum absolute atomic E-state index is 10.8. The molecule has 4 atom stereocenters. The fourth-order valence-corrected chi connectivity index (χ4v) is 2.28. The molecule has 0 bridgehead atoms. The molecule has 0 aliphatic carbocycles. The third kappa shape index (κ3) is 13.3. The number of carbonyl (C=O) groups is 2. The minimum Gasteiger partial charge on any atom is -0.481 e. The first kappa shape index (κ1) is 23.3. The molecule has 1 heterocycles. The topological polar surface area (TPSA) is 124 Å². The van der Waals surface area contributed by atoms with Gasteiger partial charge in [-0.05, 0) is 20.3 Å². The number of aliphatic hydroxyl groups excluding tert-OH is 3. The molecule has 1 saturated heterocycles. The van der Waals surface area contributed by atoms with Crippen molar-refractivity contribution in [3.8, 4) is 0 Å². The van der Waals surface area contributed by atoms with Crippen LogP contribution in [0, 0.1) is 0 Å². The van der Waals surface area contributed by atoms with Gasteiger partial charge in [0.05, 0.1) is 31.2 Å². The van der Waals surface area contributed by atoms with Crippen LogP contribution >= 0.6 is 0 Å². The smallest absolute Gasteiger partial charge is 0.308 e. The number of carboxylic acid groups (broad SMARTS) is 1. The third-order valence-electron chi connectivity index (χ3n) is 3.47. The van der Waals surface area contributed by atoms with Crippen molar-refractivity contribution >= 4 is 11.9 Å². The zero-order valence-corrected chi connectivity index (χ0v) is 14.9. The van der Waals surface area contributed by atoms with Crippen molar-refractivity contribution < 1.29 is 34.8 Å². The Hall–Kier alpha value is -1.70. The monoisotopic (exact) mass is 358 g/mol. The second-order valence-electron chi connectivity index (χ2n) is 5.96. The average molecular weight is 358 g/mol. The number of hydrogen-bond donors (Lipinski definition) is 4. The maximum Gasteiger partial charge on any atom is 0.308 e. The highest BCUT2D eigenvalue weighted by atomic mass is 16.5. The number of carboxylic acids is 1. The number of hydrogen-bond acceptors (Lipinski definition) is 6. The van der Waals surface area contributed by atoms with E-state index in [0.29, 0.717) is 19.3 Å². The number of cyclic esters (lactones) is 1. The molecule has 1 aliphatic heterocycles. The molecule has 4 unspecified atom stereocenters. The lowest BCUT2D eigenvalue weighted by Gasteiger charge is -2.24. The van der Waals surface area contributed by atoms with E-state index < -0.39 is 24.3 Å². The number of allylic oxidation sites excluding steroid dienone is 2. The van der Waals surface area contributed by atoms with Crippen LogP contribution in [0.5, 0.6) is 0 Å². The van der Waals surface area contributed by atoms with Crippen molar-refractivity contribution in [2.75, 3.05) is 0 Å². The summed E-state index contributed by atoms with van der Waals surface area (Å²) >= 11 is 0. The van der Waals surface area contributed by atoms with Gasteiger partial charge >= 0.3 is 11.9 Å². The molecule has 1 aliphatic rings. The van der Waals surface area contributed by atoms with E-state index in [-0.39, 0.29) is 31.3 Å². The first-order valence-corrected chi connectivity index (χ1v) is 8.46. The van der Waals surface area contributed by atoms with E-state index in [1.165, 1.54) is 0 Å². The molecule has 1 fully saturated rings. The Morgan fingerprint density at radius 3 is 2.40 bits per heavy atom. The van der Waals surface area contributed by atoms with Crippen LogP contribution in [0.15, 0.2) is 24.3 Å². The number of esters is 1. The predicted octanol–water partition coefficient (Wildman–Crippen LogP) is 1.56. The third-order valence-corrected chi connectivity index (χ3v) is 3.47. The minimum atomic E-state index is -1.05. The zero-order valence-electron chi connectivity index (χ0n) is 14.9. The lowest BCUT2D eigenvalue weighted by molar-refractivity contribution is -0.159. The van der Waals surface area contributed by atoms with E-state index in [1.807, 2.05) is 26.0 Å². The molecule has 0 aromatic heterocycles. The summed E-state index contributed by atoms with van der Waals surface area (Å²) in [5.41, 5.74) is 0. The Balaban J connectivity index is 0.000000462. The number of rotatable bonds is 8. The van der Waals surface area contributed by atoms with Gasteiger partial charge in [0.2, 0.25) is 0 Å². The van der Waals surface area contributed by atoms with Gasteiger partial charge in [0.15, 0.2) is 0 Å². The van der Waals surface area contributed by atoms with Gasteiger partial charge in [-0.1, -0.05) is 24.3 Å². The summed E-state index contributed by atoms with van der Waals surface area (Å²) in [5, 5.41) is 35.9. The second kappa shape index (κ2) is 13.6. The van der Waals surface area contributed by atoms with Gasteiger partial charge in [-0.15, -0.1) is 0 Å².